The van der Waals surface area contributed by atoms with Gasteiger partial charge in [-0.2, -0.15) is 0 Å². The smallest absolute Gasteiger partial charge is 0.126 e. The van der Waals surface area contributed by atoms with Crippen LogP contribution in [0.3, 0.4) is 0 Å². The topological polar surface area (TPSA) is 35.2 Å². The highest BCUT2D eigenvalue weighted by Crippen LogP contribution is 2.29. The van der Waals surface area contributed by atoms with Crippen molar-refractivity contribution in [2.75, 3.05) is 13.2 Å². The van der Waals surface area contributed by atoms with Crippen LogP contribution < -0.4 is 5.73 Å². The minimum absolute atomic E-state index is 0.128. The molecule has 2 atom stereocenters. The highest BCUT2D eigenvalue weighted by atomic mass is 19.1. The first-order valence-electron chi connectivity index (χ1n) is 5.37. The maximum Gasteiger partial charge on any atom is 0.126 e. The molecule has 2 N–H and O–H groups in total. The lowest BCUT2D eigenvalue weighted by molar-refractivity contribution is 0.00891. The quantitative estimate of drug-likeness (QED) is 0.809. The van der Waals surface area contributed by atoms with Gasteiger partial charge >= 0.3 is 0 Å². The van der Waals surface area contributed by atoms with Crippen molar-refractivity contribution in [2.45, 2.75) is 24.9 Å². The zero-order valence-electron chi connectivity index (χ0n) is 8.66. The number of hydrogen-bond donors (Lipinski definition) is 1. The summed E-state index contributed by atoms with van der Waals surface area (Å²) in [6.07, 6.45) is 2.05. The molecule has 0 bridgehead atoms. The van der Waals surface area contributed by atoms with Gasteiger partial charge in [-0.05, 0) is 24.5 Å². The molecular weight excluding hydrogens is 193 g/mol. The summed E-state index contributed by atoms with van der Waals surface area (Å²) in [6, 6.07) is 6.93. The fourth-order valence-electron chi connectivity index (χ4n) is 2.04. The summed E-state index contributed by atoms with van der Waals surface area (Å²) >= 11 is 0. The molecule has 2 unspecified atom stereocenters. The van der Waals surface area contributed by atoms with Gasteiger partial charge in [0.1, 0.15) is 5.82 Å². The Balaban J connectivity index is 2.04. The van der Waals surface area contributed by atoms with Gasteiger partial charge in [0.25, 0.3) is 0 Å². The van der Waals surface area contributed by atoms with E-state index in [-0.39, 0.29) is 17.8 Å². The van der Waals surface area contributed by atoms with Crippen LogP contribution in [0.2, 0.25) is 0 Å². The zero-order valence-corrected chi connectivity index (χ0v) is 8.66. The molecule has 1 heterocycles. The van der Waals surface area contributed by atoms with E-state index in [9.17, 15) is 4.39 Å². The molecule has 0 saturated carbocycles. The van der Waals surface area contributed by atoms with Crippen molar-refractivity contribution in [1.82, 2.24) is 0 Å². The van der Waals surface area contributed by atoms with Crippen LogP contribution in [0.4, 0.5) is 4.39 Å². The Morgan fingerprint density at radius 2 is 2.13 bits per heavy atom. The maximum atomic E-state index is 13.5. The molecule has 0 spiro atoms. The number of nitrogens with two attached hydrogens (primary N) is 1. The van der Waals surface area contributed by atoms with E-state index in [1.807, 2.05) is 12.1 Å². The molecule has 3 heteroatoms. The van der Waals surface area contributed by atoms with Gasteiger partial charge < -0.3 is 10.5 Å². The number of halogens is 1. The van der Waals surface area contributed by atoms with Crippen molar-refractivity contribution in [3.05, 3.63) is 35.6 Å². The summed E-state index contributed by atoms with van der Waals surface area (Å²) in [5.74, 6) is 0.0614. The predicted octanol–water partition coefficient (Wildman–Crippen LogP) is 2.05. The summed E-state index contributed by atoms with van der Waals surface area (Å²) in [6.45, 7) is 1.15. The molecule has 1 aliphatic heterocycles. The van der Waals surface area contributed by atoms with Gasteiger partial charge in [0, 0.05) is 12.5 Å². The Kier molecular flexibility index (Phi) is 3.34. The third kappa shape index (κ3) is 2.36. The van der Waals surface area contributed by atoms with Gasteiger partial charge in [-0.25, -0.2) is 4.39 Å². The van der Waals surface area contributed by atoms with Gasteiger partial charge in [-0.1, -0.05) is 18.2 Å². The largest absolute Gasteiger partial charge is 0.376 e. The molecule has 1 saturated heterocycles. The van der Waals surface area contributed by atoms with Crippen molar-refractivity contribution in [3.63, 3.8) is 0 Å². The number of ether oxygens (including phenoxy) is 1. The van der Waals surface area contributed by atoms with Crippen molar-refractivity contribution in [1.29, 1.82) is 0 Å². The highest BCUT2D eigenvalue weighted by molar-refractivity contribution is 5.22. The highest BCUT2D eigenvalue weighted by Gasteiger charge is 2.23. The third-order valence-corrected chi connectivity index (χ3v) is 2.98. The summed E-state index contributed by atoms with van der Waals surface area (Å²) in [4.78, 5) is 0. The van der Waals surface area contributed by atoms with Crippen LogP contribution in [0.1, 0.15) is 24.3 Å². The Morgan fingerprint density at radius 3 is 2.73 bits per heavy atom. The van der Waals surface area contributed by atoms with Crippen LogP contribution in [-0.4, -0.2) is 19.3 Å². The van der Waals surface area contributed by atoms with E-state index in [0.29, 0.717) is 13.2 Å². The molecule has 82 valence electrons. The lowest BCUT2D eigenvalue weighted by atomic mass is 9.91. The summed E-state index contributed by atoms with van der Waals surface area (Å²) in [5, 5.41) is 0. The number of rotatable bonds is 2. The first-order valence-corrected chi connectivity index (χ1v) is 5.37. The third-order valence-electron chi connectivity index (χ3n) is 2.98. The minimum Gasteiger partial charge on any atom is -0.376 e. The monoisotopic (exact) mass is 209 g/mol. The van der Waals surface area contributed by atoms with Crippen LogP contribution in [-0.2, 0) is 4.74 Å². The van der Waals surface area contributed by atoms with Crippen LogP contribution in [0.5, 0.6) is 0 Å². The molecule has 15 heavy (non-hydrogen) atoms. The Hall–Kier alpha value is -0.930. The Bertz CT molecular complexity index is 321. The second-order valence-electron chi connectivity index (χ2n) is 3.99. The molecule has 1 fully saturated rings. The summed E-state index contributed by atoms with van der Waals surface area (Å²) < 4.78 is 19.0. The molecule has 2 rings (SSSR count). The summed E-state index contributed by atoms with van der Waals surface area (Å²) in [7, 11) is 0. The van der Waals surface area contributed by atoms with Gasteiger partial charge in [0.05, 0.1) is 12.7 Å². The van der Waals surface area contributed by atoms with Crippen molar-refractivity contribution >= 4 is 0 Å². The first-order chi connectivity index (χ1) is 7.31. The van der Waals surface area contributed by atoms with E-state index in [1.165, 1.54) is 6.07 Å². The van der Waals surface area contributed by atoms with Crippen LogP contribution >= 0.6 is 0 Å². The Morgan fingerprint density at radius 1 is 1.33 bits per heavy atom. The average molecular weight is 209 g/mol. The molecule has 1 aliphatic rings. The lowest BCUT2D eigenvalue weighted by Gasteiger charge is -2.28. The molecule has 0 radical (unpaired) electrons. The standard InChI is InChI=1S/C12H16FNO/c13-12-4-2-1-3-11(12)9-5-6-10(7-14)15-8-9/h1-4,9-10H,5-8,14H2. The molecular formula is C12H16FNO. The van der Waals surface area contributed by atoms with Crippen LogP contribution in [0.15, 0.2) is 24.3 Å². The average Bonchev–Trinajstić information content (AvgIpc) is 2.30. The van der Waals surface area contributed by atoms with Gasteiger partial charge in [-0.3, -0.25) is 0 Å². The van der Waals surface area contributed by atoms with Gasteiger partial charge in [0.15, 0.2) is 0 Å². The Labute approximate surface area is 89.2 Å². The van der Waals surface area contributed by atoms with Crippen molar-refractivity contribution < 1.29 is 9.13 Å². The predicted molar refractivity (Wildman–Crippen MR) is 57.2 cm³/mol. The maximum absolute atomic E-state index is 13.5. The van der Waals surface area contributed by atoms with E-state index >= 15 is 0 Å². The SMILES string of the molecule is NCC1CCC(c2ccccc2F)CO1. The first kappa shape index (κ1) is 10.6. The molecule has 1 aromatic carbocycles. The fraction of sp³-hybridized carbons (Fsp3) is 0.500. The second kappa shape index (κ2) is 4.73. The summed E-state index contributed by atoms with van der Waals surface area (Å²) in [5.41, 5.74) is 6.29. The fourth-order valence-corrected chi connectivity index (χ4v) is 2.04. The minimum atomic E-state index is -0.128. The van der Waals surface area contributed by atoms with Crippen molar-refractivity contribution in [3.8, 4) is 0 Å². The normalized spacial score (nSPS) is 26.5. The van der Waals surface area contributed by atoms with Crippen molar-refractivity contribution in [2.24, 2.45) is 5.73 Å². The number of benzene rings is 1. The van der Waals surface area contributed by atoms with E-state index in [0.717, 1.165) is 18.4 Å². The van der Waals surface area contributed by atoms with Gasteiger partial charge in [0.2, 0.25) is 0 Å². The zero-order chi connectivity index (χ0) is 10.7. The number of hydrogen-bond acceptors (Lipinski definition) is 2. The van der Waals surface area contributed by atoms with E-state index in [4.69, 9.17) is 10.5 Å². The van der Waals surface area contributed by atoms with Crippen LogP contribution in [0.25, 0.3) is 0 Å². The van der Waals surface area contributed by atoms with Crippen LogP contribution in [0, 0.1) is 5.82 Å². The lowest BCUT2D eigenvalue weighted by Crippen LogP contribution is -2.31. The van der Waals surface area contributed by atoms with E-state index < -0.39 is 0 Å². The molecule has 0 aliphatic carbocycles. The molecule has 2 nitrogen and oxygen atoms in total. The second-order valence-corrected chi connectivity index (χ2v) is 3.99. The molecule has 1 aromatic rings. The van der Waals surface area contributed by atoms with E-state index in [1.54, 1.807) is 6.07 Å². The molecule has 0 aromatic heterocycles. The molecule has 0 amide bonds. The van der Waals surface area contributed by atoms with E-state index in [2.05, 4.69) is 0 Å². The van der Waals surface area contributed by atoms with Gasteiger partial charge in [-0.15, -0.1) is 0 Å².